The van der Waals surface area contributed by atoms with Crippen molar-refractivity contribution in [1.29, 1.82) is 0 Å². The van der Waals surface area contributed by atoms with Crippen molar-refractivity contribution in [2.45, 2.75) is 13.0 Å². The van der Waals surface area contributed by atoms with Crippen molar-refractivity contribution in [1.82, 2.24) is 0 Å². The fraction of sp³-hybridized carbons (Fsp3) is 0.182. The number of aryl methyl sites for hydroxylation is 1. The van der Waals surface area contributed by atoms with Gasteiger partial charge in [0.2, 0.25) is 0 Å². The molecule has 0 saturated carbocycles. The minimum absolute atomic E-state index is 0.934. The average molecular weight is 191 g/mol. The van der Waals surface area contributed by atoms with E-state index in [4.69, 9.17) is 10.8 Å². The van der Waals surface area contributed by atoms with Crippen LogP contribution in [-0.2, 0) is 4.79 Å². The van der Waals surface area contributed by atoms with Gasteiger partial charge in [-0.1, -0.05) is 42.0 Å². The Hall–Kier alpha value is -1.61. The summed E-state index contributed by atoms with van der Waals surface area (Å²) in [5.41, 5.74) is 7.43. The first-order chi connectivity index (χ1) is 6.59. The van der Waals surface area contributed by atoms with Crippen molar-refractivity contribution >= 4 is 12.0 Å². The van der Waals surface area contributed by atoms with Crippen molar-refractivity contribution in [3.05, 3.63) is 41.5 Å². The molecule has 0 heterocycles. The molecule has 0 saturated heterocycles. The molecule has 1 aromatic carbocycles. The van der Waals surface area contributed by atoms with Crippen LogP contribution in [0.1, 0.15) is 11.1 Å². The molecule has 1 aromatic rings. The van der Waals surface area contributed by atoms with E-state index < -0.39 is 12.0 Å². The zero-order chi connectivity index (χ0) is 10.6. The van der Waals surface area contributed by atoms with Crippen LogP contribution in [0.5, 0.6) is 0 Å². The Morgan fingerprint density at radius 1 is 1.43 bits per heavy atom. The second kappa shape index (κ2) is 4.58. The Kier molecular flexibility index (Phi) is 3.42. The van der Waals surface area contributed by atoms with Crippen LogP contribution in [-0.4, -0.2) is 17.1 Å². The van der Waals surface area contributed by atoms with E-state index in [0.717, 1.165) is 5.56 Å². The highest BCUT2D eigenvalue weighted by Crippen LogP contribution is 2.05. The molecule has 1 atom stereocenters. The molecule has 3 heteroatoms. The quantitative estimate of drug-likeness (QED) is 0.759. The van der Waals surface area contributed by atoms with Gasteiger partial charge in [0, 0.05) is 0 Å². The van der Waals surface area contributed by atoms with Gasteiger partial charge in [-0.3, -0.25) is 4.79 Å². The number of carbonyl (C=O) groups is 1. The molecule has 0 aromatic heterocycles. The first-order valence-electron chi connectivity index (χ1n) is 4.33. The Bertz CT molecular complexity index is 341. The standard InChI is InChI=1S/C11H13NO2/c1-8-2-4-9(5-3-8)6-7-10(12)11(13)14/h2-7,10H,12H2,1H3,(H,13,14). The number of hydrogen-bond donors (Lipinski definition) is 2. The minimum atomic E-state index is -1.02. The molecule has 0 spiro atoms. The summed E-state index contributed by atoms with van der Waals surface area (Å²) in [6, 6.07) is 6.83. The van der Waals surface area contributed by atoms with Crippen molar-refractivity contribution < 1.29 is 9.90 Å². The molecule has 3 nitrogen and oxygen atoms in total. The SMILES string of the molecule is Cc1ccc(C=CC(N)C(=O)O)cc1. The van der Waals surface area contributed by atoms with Crippen LogP contribution in [0.3, 0.4) is 0 Å². The summed E-state index contributed by atoms with van der Waals surface area (Å²) in [6.07, 6.45) is 3.17. The number of nitrogens with two attached hydrogens (primary N) is 1. The molecule has 1 rings (SSSR count). The van der Waals surface area contributed by atoms with E-state index in [0.29, 0.717) is 0 Å². The lowest BCUT2D eigenvalue weighted by atomic mass is 10.1. The third-order valence-corrected chi connectivity index (χ3v) is 1.86. The molecule has 0 bridgehead atoms. The maximum atomic E-state index is 10.4. The van der Waals surface area contributed by atoms with Crippen LogP contribution in [0.4, 0.5) is 0 Å². The summed E-state index contributed by atoms with van der Waals surface area (Å²) in [6.45, 7) is 2.00. The lowest BCUT2D eigenvalue weighted by Crippen LogP contribution is -2.27. The third kappa shape index (κ3) is 3.03. The number of carboxylic acid groups (broad SMARTS) is 1. The zero-order valence-electron chi connectivity index (χ0n) is 7.97. The van der Waals surface area contributed by atoms with Gasteiger partial charge in [0.25, 0.3) is 0 Å². The van der Waals surface area contributed by atoms with Crippen LogP contribution < -0.4 is 5.73 Å². The summed E-state index contributed by atoms with van der Waals surface area (Å²) in [5, 5.41) is 8.53. The van der Waals surface area contributed by atoms with Gasteiger partial charge in [-0.05, 0) is 12.5 Å². The van der Waals surface area contributed by atoms with Gasteiger partial charge >= 0.3 is 5.97 Å². The lowest BCUT2D eigenvalue weighted by molar-refractivity contribution is -0.137. The summed E-state index contributed by atoms with van der Waals surface area (Å²) in [4.78, 5) is 10.4. The second-order valence-electron chi connectivity index (χ2n) is 3.13. The molecule has 1 unspecified atom stereocenters. The van der Waals surface area contributed by atoms with Crippen molar-refractivity contribution in [3.8, 4) is 0 Å². The van der Waals surface area contributed by atoms with E-state index >= 15 is 0 Å². The van der Waals surface area contributed by atoms with Crippen LogP contribution in [0.15, 0.2) is 30.3 Å². The first kappa shape index (κ1) is 10.5. The molecule has 0 fully saturated rings. The topological polar surface area (TPSA) is 63.3 Å². The van der Waals surface area contributed by atoms with Crippen molar-refractivity contribution in [2.24, 2.45) is 5.73 Å². The van der Waals surface area contributed by atoms with Gasteiger partial charge in [0.1, 0.15) is 6.04 Å². The number of aliphatic carboxylic acids is 1. The third-order valence-electron chi connectivity index (χ3n) is 1.86. The summed E-state index contributed by atoms with van der Waals surface area (Å²) in [7, 11) is 0. The molecule has 0 radical (unpaired) electrons. The van der Waals surface area contributed by atoms with Crippen LogP contribution in [0.25, 0.3) is 6.08 Å². The maximum absolute atomic E-state index is 10.4. The normalized spacial score (nSPS) is 13.0. The highest BCUT2D eigenvalue weighted by atomic mass is 16.4. The Morgan fingerprint density at radius 2 is 2.00 bits per heavy atom. The average Bonchev–Trinajstić information content (AvgIpc) is 2.16. The molecular formula is C11H13NO2. The van der Waals surface area contributed by atoms with Crippen LogP contribution in [0.2, 0.25) is 0 Å². The zero-order valence-corrected chi connectivity index (χ0v) is 7.97. The molecule has 0 amide bonds. The van der Waals surface area contributed by atoms with Gasteiger partial charge < -0.3 is 10.8 Å². The van der Waals surface area contributed by atoms with Gasteiger partial charge in [-0.25, -0.2) is 0 Å². The molecule has 14 heavy (non-hydrogen) atoms. The number of hydrogen-bond acceptors (Lipinski definition) is 2. The molecule has 0 aliphatic rings. The minimum Gasteiger partial charge on any atom is -0.480 e. The smallest absolute Gasteiger partial charge is 0.324 e. The van der Waals surface area contributed by atoms with Crippen molar-refractivity contribution in [3.63, 3.8) is 0 Å². The van der Waals surface area contributed by atoms with Gasteiger partial charge in [-0.2, -0.15) is 0 Å². The summed E-state index contributed by atoms with van der Waals surface area (Å²) < 4.78 is 0. The highest BCUT2D eigenvalue weighted by Gasteiger charge is 2.05. The van der Waals surface area contributed by atoms with E-state index in [2.05, 4.69) is 0 Å². The molecule has 74 valence electrons. The van der Waals surface area contributed by atoms with Crippen LogP contribution in [0, 0.1) is 6.92 Å². The monoisotopic (exact) mass is 191 g/mol. The predicted molar refractivity (Wildman–Crippen MR) is 55.8 cm³/mol. The highest BCUT2D eigenvalue weighted by molar-refractivity contribution is 5.77. The second-order valence-corrected chi connectivity index (χ2v) is 3.13. The number of carboxylic acids is 1. The van der Waals surface area contributed by atoms with E-state index in [9.17, 15) is 4.79 Å². The van der Waals surface area contributed by atoms with E-state index in [1.807, 2.05) is 31.2 Å². The van der Waals surface area contributed by atoms with Gasteiger partial charge in [-0.15, -0.1) is 0 Å². The Balaban J connectivity index is 2.69. The largest absolute Gasteiger partial charge is 0.480 e. The number of benzene rings is 1. The Labute approximate surface area is 82.9 Å². The summed E-state index contributed by atoms with van der Waals surface area (Å²) >= 11 is 0. The first-order valence-corrected chi connectivity index (χ1v) is 4.33. The van der Waals surface area contributed by atoms with Gasteiger partial charge in [0.05, 0.1) is 0 Å². The fourth-order valence-electron chi connectivity index (χ4n) is 0.975. The predicted octanol–water partition coefficient (Wildman–Crippen LogP) is 1.42. The molecule has 0 aliphatic heterocycles. The number of rotatable bonds is 3. The van der Waals surface area contributed by atoms with Crippen molar-refractivity contribution in [2.75, 3.05) is 0 Å². The van der Waals surface area contributed by atoms with Gasteiger partial charge in [0.15, 0.2) is 0 Å². The maximum Gasteiger partial charge on any atom is 0.324 e. The van der Waals surface area contributed by atoms with E-state index in [1.165, 1.54) is 11.6 Å². The van der Waals surface area contributed by atoms with E-state index in [1.54, 1.807) is 6.08 Å². The van der Waals surface area contributed by atoms with E-state index in [-0.39, 0.29) is 0 Å². The molecule has 0 aliphatic carbocycles. The lowest BCUT2D eigenvalue weighted by Gasteiger charge is -1.98. The Morgan fingerprint density at radius 3 is 2.50 bits per heavy atom. The summed E-state index contributed by atoms with van der Waals surface area (Å²) in [5.74, 6) is -1.02. The molecule has 3 N–H and O–H groups in total. The molecular weight excluding hydrogens is 178 g/mol. The van der Waals surface area contributed by atoms with Crippen LogP contribution >= 0.6 is 0 Å². The fourth-order valence-corrected chi connectivity index (χ4v) is 0.975.